The number of anilines is 2. The molecule has 0 aliphatic heterocycles. The van der Waals surface area contributed by atoms with Gasteiger partial charge in [-0.1, -0.05) is 12.1 Å². The molecule has 0 unspecified atom stereocenters. The lowest BCUT2D eigenvalue weighted by atomic mass is 10.1. The number of hydrogen-bond acceptors (Lipinski definition) is 4. The molecule has 0 aliphatic rings. The highest BCUT2D eigenvalue weighted by molar-refractivity contribution is 6.07. The summed E-state index contributed by atoms with van der Waals surface area (Å²) in [4.78, 5) is 23.2. The molecule has 6 heteroatoms. The number of nitrogens with two attached hydrogens (primary N) is 1. The number of aromatic amines is 1. The van der Waals surface area contributed by atoms with Gasteiger partial charge in [0, 0.05) is 11.8 Å². The van der Waals surface area contributed by atoms with Crippen LogP contribution >= 0.6 is 0 Å². The molecular formula is C13H11N5O. The van der Waals surface area contributed by atoms with E-state index in [1.165, 1.54) is 0 Å². The average molecular weight is 253 g/mol. The smallest absolute Gasteiger partial charge is 0.258 e. The maximum absolute atomic E-state index is 12.0. The first-order chi connectivity index (χ1) is 9.24. The highest BCUT2D eigenvalue weighted by Crippen LogP contribution is 2.15. The van der Waals surface area contributed by atoms with Gasteiger partial charge in [-0.15, -0.1) is 0 Å². The summed E-state index contributed by atoms with van der Waals surface area (Å²) in [5.74, 6) is 0.147. The second-order valence-electron chi connectivity index (χ2n) is 4.03. The number of imidazole rings is 1. The lowest BCUT2D eigenvalue weighted by molar-refractivity contribution is 0.102. The summed E-state index contributed by atoms with van der Waals surface area (Å²) >= 11 is 0. The lowest BCUT2D eigenvalue weighted by Gasteiger charge is -2.06. The zero-order valence-corrected chi connectivity index (χ0v) is 9.92. The molecule has 0 aliphatic carbocycles. The molecule has 2 heterocycles. The molecule has 19 heavy (non-hydrogen) atoms. The number of para-hydroxylation sites is 1. The predicted molar refractivity (Wildman–Crippen MR) is 72.7 cm³/mol. The second kappa shape index (κ2) is 4.41. The Morgan fingerprint density at radius 2 is 2.11 bits per heavy atom. The molecule has 1 aromatic carbocycles. The normalized spacial score (nSPS) is 10.5. The largest absolute Gasteiger partial charge is 0.398 e. The fourth-order valence-electron chi connectivity index (χ4n) is 1.79. The third-order valence-electron chi connectivity index (χ3n) is 2.75. The van der Waals surface area contributed by atoms with E-state index in [0.29, 0.717) is 17.1 Å². The zero-order chi connectivity index (χ0) is 13.2. The van der Waals surface area contributed by atoms with Crippen LogP contribution in [0, 0.1) is 0 Å². The maximum Gasteiger partial charge on any atom is 0.258 e. The van der Waals surface area contributed by atoms with E-state index in [4.69, 9.17) is 5.73 Å². The third-order valence-corrected chi connectivity index (χ3v) is 2.75. The third kappa shape index (κ3) is 2.11. The van der Waals surface area contributed by atoms with E-state index in [0.717, 1.165) is 11.0 Å². The highest BCUT2D eigenvalue weighted by Gasteiger charge is 2.10. The van der Waals surface area contributed by atoms with Crippen LogP contribution in [0.5, 0.6) is 0 Å². The van der Waals surface area contributed by atoms with Crippen molar-refractivity contribution in [1.82, 2.24) is 15.0 Å². The number of nitrogens with one attached hydrogen (secondary N) is 2. The molecule has 0 spiro atoms. The number of fused-ring (bicyclic) bond motifs is 1. The molecule has 6 nitrogen and oxygen atoms in total. The maximum atomic E-state index is 12.0. The lowest BCUT2D eigenvalue weighted by Crippen LogP contribution is -2.14. The molecule has 4 N–H and O–H groups in total. The fourth-order valence-corrected chi connectivity index (χ4v) is 1.79. The zero-order valence-electron chi connectivity index (χ0n) is 9.92. The van der Waals surface area contributed by atoms with Gasteiger partial charge in [-0.3, -0.25) is 4.79 Å². The van der Waals surface area contributed by atoms with E-state index in [1.807, 2.05) is 0 Å². The summed E-state index contributed by atoms with van der Waals surface area (Å²) in [6.45, 7) is 0. The highest BCUT2D eigenvalue weighted by atomic mass is 16.1. The predicted octanol–water partition coefficient (Wildman–Crippen LogP) is 1.79. The van der Waals surface area contributed by atoms with Gasteiger partial charge in [0.1, 0.15) is 5.82 Å². The number of hydrogen-bond donors (Lipinski definition) is 3. The summed E-state index contributed by atoms with van der Waals surface area (Å²) in [6, 6.07) is 8.58. The van der Waals surface area contributed by atoms with Crippen LogP contribution in [0.15, 0.2) is 42.9 Å². The average Bonchev–Trinajstić information content (AvgIpc) is 2.86. The van der Waals surface area contributed by atoms with Gasteiger partial charge in [0.15, 0.2) is 0 Å². The van der Waals surface area contributed by atoms with E-state index < -0.39 is 0 Å². The van der Waals surface area contributed by atoms with Gasteiger partial charge in [0.05, 0.1) is 29.1 Å². The van der Waals surface area contributed by atoms with E-state index in [-0.39, 0.29) is 5.91 Å². The number of carbonyl (C=O) groups excluding carboxylic acids is 1. The molecule has 0 fully saturated rings. The van der Waals surface area contributed by atoms with Crippen LogP contribution < -0.4 is 11.1 Å². The summed E-state index contributed by atoms with van der Waals surface area (Å²) in [7, 11) is 0. The molecule has 0 atom stereocenters. The fraction of sp³-hybridized carbons (Fsp3) is 0. The number of aromatic nitrogens is 3. The van der Waals surface area contributed by atoms with Crippen molar-refractivity contribution in [2.24, 2.45) is 0 Å². The molecule has 0 saturated heterocycles. The van der Waals surface area contributed by atoms with E-state index >= 15 is 0 Å². The molecule has 3 aromatic rings. The molecule has 1 amide bonds. The molecule has 94 valence electrons. The van der Waals surface area contributed by atoms with Crippen LogP contribution in [0.25, 0.3) is 11.0 Å². The number of H-pyrrole nitrogens is 1. The quantitative estimate of drug-likeness (QED) is 0.606. The van der Waals surface area contributed by atoms with Crippen LogP contribution in [-0.4, -0.2) is 20.9 Å². The Morgan fingerprint density at radius 3 is 2.95 bits per heavy atom. The number of amides is 1. The topological polar surface area (TPSA) is 96.7 Å². The summed E-state index contributed by atoms with van der Waals surface area (Å²) in [5.41, 5.74) is 8.16. The van der Waals surface area contributed by atoms with Crippen LogP contribution in [0.1, 0.15) is 10.4 Å². The van der Waals surface area contributed by atoms with E-state index in [9.17, 15) is 4.79 Å². The SMILES string of the molecule is Nc1ccccc1C(=O)Nc1cc2nc[nH]c2cn1. The molecular weight excluding hydrogens is 242 g/mol. The molecule has 0 radical (unpaired) electrons. The number of nitrogen functional groups attached to an aromatic ring is 1. The first kappa shape index (κ1) is 11.2. The second-order valence-corrected chi connectivity index (χ2v) is 4.03. The number of nitrogens with zero attached hydrogens (tertiary/aromatic N) is 2. The number of pyridine rings is 1. The number of carbonyl (C=O) groups is 1. The Balaban J connectivity index is 1.88. The summed E-state index contributed by atoms with van der Waals surface area (Å²) < 4.78 is 0. The monoisotopic (exact) mass is 253 g/mol. The van der Waals surface area contributed by atoms with Crippen molar-refractivity contribution in [3.05, 3.63) is 48.4 Å². The van der Waals surface area contributed by atoms with Gasteiger partial charge in [-0.2, -0.15) is 0 Å². The Bertz CT molecular complexity index is 749. The van der Waals surface area contributed by atoms with Crippen molar-refractivity contribution < 1.29 is 4.79 Å². The standard InChI is InChI=1S/C13H11N5O/c14-9-4-2-1-3-8(9)13(19)18-12-5-10-11(6-15-12)17-7-16-10/h1-7H,14H2,(H,16,17)(H,15,18,19). The summed E-state index contributed by atoms with van der Waals surface area (Å²) in [5, 5.41) is 2.70. The summed E-state index contributed by atoms with van der Waals surface area (Å²) in [6.07, 6.45) is 3.19. The van der Waals surface area contributed by atoms with Crippen LogP contribution in [0.2, 0.25) is 0 Å². The Hall–Kier alpha value is -2.89. The minimum Gasteiger partial charge on any atom is -0.398 e. The van der Waals surface area contributed by atoms with Crippen LogP contribution in [0.4, 0.5) is 11.5 Å². The van der Waals surface area contributed by atoms with Gasteiger partial charge in [0.25, 0.3) is 5.91 Å². The minimum absolute atomic E-state index is 0.291. The Kier molecular flexibility index (Phi) is 2.60. The minimum atomic E-state index is -0.291. The molecule has 3 rings (SSSR count). The molecule has 0 saturated carbocycles. The van der Waals surface area contributed by atoms with Crippen molar-refractivity contribution in [3.8, 4) is 0 Å². The van der Waals surface area contributed by atoms with E-state index in [1.54, 1.807) is 42.9 Å². The van der Waals surface area contributed by atoms with Gasteiger partial charge >= 0.3 is 0 Å². The Labute approximate surface area is 108 Å². The molecule has 0 bridgehead atoms. The van der Waals surface area contributed by atoms with Gasteiger partial charge < -0.3 is 16.0 Å². The van der Waals surface area contributed by atoms with Crippen molar-refractivity contribution in [1.29, 1.82) is 0 Å². The van der Waals surface area contributed by atoms with E-state index in [2.05, 4.69) is 20.3 Å². The Morgan fingerprint density at radius 1 is 1.26 bits per heavy atom. The van der Waals surface area contributed by atoms with Gasteiger partial charge in [-0.25, -0.2) is 9.97 Å². The van der Waals surface area contributed by atoms with Crippen molar-refractivity contribution >= 4 is 28.4 Å². The van der Waals surface area contributed by atoms with Crippen LogP contribution in [-0.2, 0) is 0 Å². The first-order valence-electron chi connectivity index (χ1n) is 5.69. The van der Waals surface area contributed by atoms with Crippen molar-refractivity contribution in [3.63, 3.8) is 0 Å². The first-order valence-corrected chi connectivity index (χ1v) is 5.69. The van der Waals surface area contributed by atoms with Crippen LogP contribution in [0.3, 0.4) is 0 Å². The van der Waals surface area contributed by atoms with Crippen molar-refractivity contribution in [2.45, 2.75) is 0 Å². The number of benzene rings is 1. The number of rotatable bonds is 2. The van der Waals surface area contributed by atoms with Gasteiger partial charge in [0.2, 0.25) is 0 Å². The molecule has 2 aromatic heterocycles. The van der Waals surface area contributed by atoms with Crippen molar-refractivity contribution in [2.75, 3.05) is 11.1 Å². The van der Waals surface area contributed by atoms with Gasteiger partial charge in [-0.05, 0) is 12.1 Å².